The van der Waals surface area contributed by atoms with Crippen molar-refractivity contribution in [2.75, 3.05) is 0 Å². The smallest absolute Gasteiger partial charge is 0.0659 e. The Morgan fingerprint density at radius 1 is 1.35 bits per heavy atom. The molecule has 0 fully saturated rings. The summed E-state index contributed by atoms with van der Waals surface area (Å²) in [6.07, 6.45) is 0. The molecule has 0 aliphatic heterocycles. The van der Waals surface area contributed by atoms with Gasteiger partial charge < -0.3 is 5.73 Å². The monoisotopic (exact) mass is 329 g/mol. The van der Waals surface area contributed by atoms with Crippen molar-refractivity contribution in [2.24, 2.45) is 5.73 Å². The summed E-state index contributed by atoms with van der Waals surface area (Å²) in [6.45, 7) is 4.07. The fraction of sp³-hybridized carbons (Fsp3) is 0.231. The Kier molecular flexibility index (Phi) is 3.64. The quantitative estimate of drug-likeness (QED) is 0.849. The van der Waals surface area contributed by atoms with Gasteiger partial charge in [0, 0.05) is 14.4 Å². The molecule has 1 aromatic carbocycles. The average Bonchev–Trinajstić information content (AvgIpc) is 2.64. The van der Waals surface area contributed by atoms with Crippen LogP contribution in [0.1, 0.15) is 22.9 Å². The molecule has 0 aliphatic carbocycles. The van der Waals surface area contributed by atoms with E-state index in [-0.39, 0.29) is 0 Å². The molecule has 1 atom stereocenters. The Balaban J connectivity index is 2.51. The van der Waals surface area contributed by atoms with Crippen molar-refractivity contribution in [3.8, 4) is 0 Å². The lowest BCUT2D eigenvalue weighted by atomic mass is 9.87. The van der Waals surface area contributed by atoms with Gasteiger partial charge in [-0.05, 0) is 48.6 Å². The predicted octanol–water partition coefficient (Wildman–Crippen LogP) is 4.69. The Morgan fingerprint density at radius 2 is 2.06 bits per heavy atom. The molecule has 1 aromatic heterocycles. The van der Waals surface area contributed by atoms with Crippen LogP contribution in [-0.4, -0.2) is 0 Å². The minimum atomic E-state index is -0.553. The molecule has 1 heterocycles. The van der Waals surface area contributed by atoms with Crippen LogP contribution in [0.25, 0.3) is 0 Å². The van der Waals surface area contributed by atoms with Gasteiger partial charge in [0.1, 0.15) is 0 Å². The molecule has 90 valence electrons. The highest BCUT2D eigenvalue weighted by atomic mass is 79.9. The van der Waals surface area contributed by atoms with Crippen molar-refractivity contribution < 1.29 is 0 Å². The highest BCUT2D eigenvalue weighted by Gasteiger charge is 2.27. The van der Waals surface area contributed by atoms with E-state index in [0.29, 0.717) is 5.02 Å². The third kappa shape index (κ3) is 2.58. The van der Waals surface area contributed by atoms with E-state index in [9.17, 15) is 0 Å². The number of hydrogen-bond donors (Lipinski definition) is 1. The van der Waals surface area contributed by atoms with Crippen molar-refractivity contribution in [1.82, 2.24) is 0 Å². The zero-order valence-corrected chi connectivity index (χ0v) is 12.8. The minimum Gasteiger partial charge on any atom is -0.318 e. The maximum Gasteiger partial charge on any atom is 0.0659 e. The lowest BCUT2D eigenvalue weighted by molar-refractivity contribution is 0.605. The average molecular weight is 331 g/mol. The molecule has 0 radical (unpaired) electrons. The number of hydrogen-bond acceptors (Lipinski definition) is 2. The summed E-state index contributed by atoms with van der Waals surface area (Å²) in [5.41, 5.74) is 7.92. The Bertz CT molecular complexity index is 548. The molecule has 1 unspecified atom stereocenters. The first-order chi connectivity index (χ1) is 7.91. The maximum absolute atomic E-state index is 6.43. The molecule has 1 nitrogen and oxygen atoms in total. The van der Waals surface area contributed by atoms with Crippen LogP contribution in [0.4, 0.5) is 0 Å². The van der Waals surface area contributed by atoms with Gasteiger partial charge in [0.2, 0.25) is 0 Å². The summed E-state index contributed by atoms with van der Waals surface area (Å²) in [4.78, 5) is 1.25. The minimum absolute atomic E-state index is 0.553. The van der Waals surface area contributed by atoms with Gasteiger partial charge in [0.15, 0.2) is 0 Å². The molecule has 0 saturated carbocycles. The van der Waals surface area contributed by atoms with E-state index in [1.54, 1.807) is 11.3 Å². The van der Waals surface area contributed by atoms with E-state index in [4.69, 9.17) is 17.3 Å². The van der Waals surface area contributed by atoms with Crippen molar-refractivity contribution in [3.05, 3.63) is 55.1 Å². The molecular weight excluding hydrogens is 318 g/mol. The summed E-state index contributed by atoms with van der Waals surface area (Å²) in [5, 5.41) is 2.78. The second kappa shape index (κ2) is 4.73. The SMILES string of the molecule is Cc1cc(C(C)(N)c2ccc(Br)cc2Cl)cs1. The second-order valence-electron chi connectivity index (χ2n) is 4.27. The van der Waals surface area contributed by atoms with Gasteiger partial charge in [-0.25, -0.2) is 0 Å². The largest absolute Gasteiger partial charge is 0.318 e. The van der Waals surface area contributed by atoms with Crippen LogP contribution in [0.2, 0.25) is 5.02 Å². The number of halogens is 2. The summed E-state index contributed by atoms with van der Waals surface area (Å²) in [5.74, 6) is 0. The van der Waals surface area contributed by atoms with Gasteiger partial charge in [-0.2, -0.15) is 0 Å². The van der Waals surface area contributed by atoms with Gasteiger partial charge in [-0.15, -0.1) is 11.3 Å². The lowest BCUT2D eigenvalue weighted by Gasteiger charge is -2.25. The first kappa shape index (κ1) is 13.1. The van der Waals surface area contributed by atoms with E-state index in [0.717, 1.165) is 15.6 Å². The van der Waals surface area contributed by atoms with Gasteiger partial charge in [-0.1, -0.05) is 33.6 Å². The predicted molar refractivity (Wildman–Crippen MR) is 78.8 cm³/mol. The van der Waals surface area contributed by atoms with E-state index >= 15 is 0 Å². The first-order valence-corrected chi connectivity index (χ1v) is 7.26. The fourth-order valence-corrected chi connectivity index (χ4v) is 3.47. The van der Waals surface area contributed by atoms with Crippen molar-refractivity contribution >= 4 is 38.9 Å². The van der Waals surface area contributed by atoms with Crippen molar-refractivity contribution in [2.45, 2.75) is 19.4 Å². The van der Waals surface area contributed by atoms with Gasteiger partial charge in [-0.3, -0.25) is 0 Å². The molecule has 4 heteroatoms. The number of rotatable bonds is 2. The Labute approximate surface area is 119 Å². The third-order valence-electron chi connectivity index (χ3n) is 2.82. The van der Waals surface area contributed by atoms with E-state index in [1.165, 1.54) is 4.88 Å². The topological polar surface area (TPSA) is 26.0 Å². The zero-order chi connectivity index (χ0) is 12.6. The highest BCUT2D eigenvalue weighted by molar-refractivity contribution is 9.10. The summed E-state index contributed by atoms with van der Waals surface area (Å²) in [7, 11) is 0. The summed E-state index contributed by atoms with van der Waals surface area (Å²) >= 11 is 11.4. The van der Waals surface area contributed by atoms with Gasteiger partial charge >= 0.3 is 0 Å². The molecule has 2 N–H and O–H groups in total. The van der Waals surface area contributed by atoms with Crippen molar-refractivity contribution in [3.63, 3.8) is 0 Å². The third-order valence-corrected chi connectivity index (χ3v) is 4.49. The second-order valence-corrected chi connectivity index (χ2v) is 6.71. The van der Waals surface area contributed by atoms with E-state index in [1.807, 2.05) is 25.1 Å². The van der Waals surface area contributed by atoms with Crippen LogP contribution < -0.4 is 5.73 Å². The molecule has 2 aromatic rings. The van der Waals surface area contributed by atoms with E-state index in [2.05, 4.69) is 34.3 Å². The summed E-state index contributed by atoms with van der Waals surface area (Å²) < 4.78 is 0.962. The molecule has 0 spiro atoms. The molecule has 2 rings (SSSR count). The molecule has 0 bridgehead atoms. The zero-order valence-electron chi connectivity index (χ0n) is 9.63. The van der Waals surface area contributed by atoms with Crippen LogP contribution in [-0.2, 0) is 5.54 Å². The Hall–Kier alpha value is -0.350. The standard InChI is InChI=1S/C13H13BrClNS/c1-8-5-9(7-17-8)13(2,16)11-4-3-10(14)6-12(11)15/h3-7H,16H2,1-2H3. The molecule has 17 heavy (non-hydrogen) atoms. The van der Waals surface area contributed by atoms with Gasteiger partial charge in [0.25, 0.3) is 0 Å². The summed E-state index contributed by atoms with van der Waals surface area (Å²) in [6, 6.07) is 7.93. The fourth-order valence-electron chi connectivity index (χ4n) is 1.78. The van der Waals surface area contributed by atoms with E-state index < -0.39 is 5.54 Å². The molecule has 0 amide bonds. The number of benzene rings is 1. The Morgan fingerprint density at radius 3 is 2.59 bits per heavy atom. The lowest BCUT2D eigenvalue weighted by Crippen LogP contribution is -2.34. The van der Waals surface area contributed by atoms with Crippen LogP contribution in [0, 0.1) is 6.92 Å². The van der Waals surface area contributed by atoms with Gasteiger partial charge in [0.05, 0.1) is 5.54 Å². The van der Waals surface area contributed by atoms with Crippen LogP contribution in [0.5, 0.6) is 0 Å². The van der Waals surface area contributed by atoms with Crippen LogP contribution in [0.15, 0.2) is 34.1 Å². The van der Waals surface area contributed by atoms with Crippen LogP contribution >= 0.6 is 38.9 Å². The number of aryl methyl sites for hydroxylation is 1. The highest BCUT2D eigenvalue weighted by Crippen LogP contribution is 2.35. The molecule has 0 aliphatic rings. The number of thiophene rings is 1. The molecular formula is C13H13BrClNS. The maximum atomic E-state index is 6.43. The van der Waals surface area contributed by atoms with Crippen molar-refractivity contribution in [1.29, 1.82) is 0 Å². The number of nitrogens with two attached hydrogens (primary N) is 1. The normalized spacial score (nSPS) is 14.6. The first-order valence-electron chi connectivity index (χ1n) is 5.21. The molecule has 0 saturated heterocycles. The van der Waals surface area contributed by atoms with Crippen LogP contribution in [0.3, 0.4) is 0 Å².